The molecule has 0 radical (unpaired) electrons. The number of hydrogen-bond acceptors (Lipinski definition) is 8. The lowest BCUT2D eigenvalue weighted by Gasteiger charge is -2.21. The Hall–Kier alpha value is -3.51. The predicted octanol–water partition coefficient (Wildman–Crippen LogP) is 2.98. The molecule has 1 unspecified atom stereocenters. The number of aliphatic carboxylic acids is 2. The number of nitro benzene ring substituents is 1. The molecule has 1 fully saturated rings. The Balaban J connectivity index is 1.83. The number of furan rings is 1. The molecule has 154 valence electrons. The van der Waals surface area contributed by atoms with E-state index in [1.54, 1.807) is 12.1 Å². The van der Waals surface area contributed by atoms with Gasteiger partial charge in [-0.15, -0.1) is 0 Å². The molecule has 1 aromatic heterocycles. The van der Waals surface area contributed by atoms with E-state index in [0.717, 1.165) is 16.7 Å². The van der Waals surface area contributed by atoms with Crippen molar-refractivity contribution in [1.29, 1.82) is 0 Å². The molecule has 0 bridgehead atoms. The van der Waals surface area contributed by atoms with Gasteiger partial charge in [-0.2, -0.15) is 0 Å². The standard InChI is InChI=1S/C18H12N2O8S2/c21-15(22)8-12(17(24)25)19-16(23)14(30-18(19)29)7-11-5-6-13(28-11)9-1-3-10(4-2-9)20(26)27/h1-7,12H,8H2,(H,21,22)(H,24,25). The Morgan fingerprint density at radius 3 is 2.47 bits per heavy atom. The zero-order valence-corrected chi connectivity index (χ0v) is 16.5. The van der Waals surface area contributed by atoms with Crippen LogP contribution in [-0.4, -0.2) is 48.2 Å². The van der Waals surface area contributed by atoms with Crippen molar-refractivity contribution >= 4 is 57.9 Å². The molecule has 1 saturated heterocycles. The average molecular weight is 448 g/mol. The lowest BCUT2D eigenvalue weighted by atomic mass is 10.1. The molecule has 1 amide bonds. The first-order chi connectivity index (χ1) is 14.2. The number of non-ortho nitro benzene ring substituents is 1. The van der Waals surface area contributed by atoms with Gasteiger partial charge in [-0.3, -0.25) is 24.6 Å². The maximum absolute atomic E-state index is 12.6. The molecule has 1 aromatic carbocycles. The van der Waals surface area contributed by atoms with Gasteiger partial charge in [0, 0.05) is 23.8 Å². The first-order valence-electron chi connectivity index (χ1n) is 8.23. The molecule has 0 spiro atoms. The van der Waals surface area contributed by atoms with E-state index in [0.29, 0.717) is 11.3 Å². The summed E-state index contributed by atoms with van der Waals surface area (Å²) in [5.41, 5.74) is 0.517. The number of thioether (sulfide) groups is 1. The molecule has 10 nitrogen and oxygen atoms in total. The number of carbonyl (C=O) groups excluding carboxylic acids is 1. The van der Waals surface area contributed by atoms with Gasteiger partial charge in [0.1, 0.15) is 21.9 Å². The molecule has 0 saturated carbocycles. The number of hydrogen-bond donors (Lipinski definition) is 2. The largest absolute Gasteiger partial charge is 0.481 e. The van der Waals surface area contributed by atoms with Crippen LogP contribution in [0.25, 0.3) is 17.4 Å². The van der Waals surface area contributed by atoms with Gasteiger partial charge in [0.2, 0.25) is 0 Å². The summed E-state index contributed by atoms with van der Waals surface area (Å²) in [4.78, 5) is 46.0. The number of benzene rings is 1. The van der Waals surface area contributed by atoms with E-state index in [1.807, 2.05) is 0 Å². The molecule has 1 aliphatic heterocycles. The van der Waals surface area contributed by atoms with Gasteiger partial charge in [-0.1, -0.05) is 24.0 Å². The summed E-state index contributed by atoms with van der Waals surface area (Å²) in [7, 11) is 0. The number of carboxylic acids is 2. The highest BCUT2D eigenvalue weighted by Gasteiger charge is 2.41. The predicted molar refractivity (Wildman–Crippen MR) is 109 cm³/mol. The molecule has 30 heavy (non-hydrogen) atoms. The highest BCUT2D eigenvalue weighted by molar-refractivity contribution is 8.26. The van der Waals surface area contributed by atoms with Crippen molar-refractivity contribution in [3.8, 4) is 11.3 Å². The fourth-order valence-corrected chi connectivity index (χ4v) is 4.00. The third-order valence-electron chi connectivity index (χ3n) is 4.05. The number of rotatable bonds is 7. The zero-order chi connectivity index (χ0) is 22.0. The van der Waals surface area contributed by atoms with Gasteiger partial charge < -0.3 is 14.6 Å². The SMILES string of the molecule is O=C(O)CC(C(=O)O)N1C(=O)C(=Cc2ccc(-c3ccc([N+](=O)[O-])cc3)o2)SC1=S. The Morgan fingerprint density at radius 2 is 1.90 bits per heavy atom. The molecular weight excluding hydrogens is 436 g/mol. The van der Waals surface area contributed by atoms with Crippen molar-refractivity contribution in [2.75, 3.05) is 0 Å². The first kappa shape index (κ1) is 21.2. The molecule has 2 N–H and O–H groups in total. The van der Waals surface area contributed by atoms with Crippen LogP contribution in [0.2, 0.25) is 0 Å². The van der Waals surface area contributed by atoms with E-state index in [9.17, 15) is 29.6 Å². The third kappa shape index (κ3) is 4.39. The minimum absolute atomic E-state index is 0.0662. The summed E-state index contributed by atoms with van der Waals surface area (Å²) in [5, 5.41) is 28.9. The summed E-state index contributed by atoms with van der Waals surface area (Å²) >= 11 is 5.90. The second-order valence-corrected chi connectivity index (χ2v) is 7.69. The highest BCUT2D eigenvalue weighted by Crippen LogP contribution is 2.35. The average Bonchev–Trinajstić information content (AvgIpc) is 3.25. The quantitative estimate of drug-likeness (QED) is 0.280. The van der Waals surface area contributed by atoms with Crippen LogP contribution in [0.15, 0.2) is 45.7 Å². The first-order valence-corrected chi connectivity index (χ1v) is 9.46. The fourth-order valence-electron chi connectivity index (χ4n) is 2.67. The second-order valence-electron chi connectivity index (χ2n) is 6.01. The van der Waals surface area contributed by atoms with Crippen LogP contribution in [0.4, 0.5) is 5.69 Å². The van der Waals surface area contributed by atoms with Gasteiger partial charge in [0.25, 0.3) is 11.6 Å². The number of thiocarbonyl (C=S) groups is 1. The Morgan fingerprint density at radius 1 is 1.23 bits per heavy atom. The van der Waals surface area contributed by atoms with E-state index in [-0.39, 0.29) is 20.7 Å². The molecule has 1 aliphatic rings. The summed E-state index contributed by atoms with van der Waals surface area (Å²) in [6.07, 6.45) is 0.577. The maximum atomic E-state index is 12.6. The summed E-state index contributed by atoms with van der Waals surface area (Å²) in [6.45, 7) is 0. The Kier molecular flexibility index (Phi) is 5.99. The smallest absolute Gasteiger partial charge is 0.327 e. The van der Waals surface area contributed by atoms with Crippen molar-refractivity contribution < 1.29 is 33.9 Å². The number of amides is 1. The minimum Gasteiger partial charge on any atom is -0.481 e. The topological polar surface area (TPSA) is 151 Å². The molecular formula is C18H12N2O8S2. The summed E-state index contributed by atoms with van der Waals surface area (Å²) in [5.74, 6) is -2.91. The summed E-state index contributed by atoms with van der Waals surface area (Å²) in [6, 6.07) is 7.25. The number of nitro groups is 1. The number of nitrogens with zero attached hydrogens (tertiary/aromatic N) is 2. The van der Waals surface area contributed by atoms with E-state index >= 15 is 0 Å². The van der Waals surface area contributed by atoms with Crippen LogP contribution in [0.3, 0.4) is 0 Å². The van der Waals surface area contributed by atoms with Gasteiger partial charge in [-0.05, 0) is 24.3 Å². The van der Waals surface area contributed by atoms with Crippen LogP contribution < -0.4 is 0 Å². The van der Waals surface area contributed by atoms with Crippen LogP contribution in [-0.2, 0) is 14.4 Å². The maximum Gasteiger partial charge on any atom is 0.327 e. The molecule has 1 atom stereocenters. The van der Waals surface area contributed by atoms with E-state index < -0.39 is 35.2 Å². The van der Waals surface area contributed by atoms with Crippen LogP contribution in [0, 0.1) is 10.1 Å². The normalized spacial score (nSPS) is 16.1. The van der Waals surface area contributed by atoms with Gasteiger partial charge in [0.15, 0.2) is 0 Å². The number of carboxylic acid groups (broad SMARTS) is 2. The van der Waals surface area contributed by atoms with Crippen LogP contribution >= 0.6 is 24.0 Å². The van der Waals surface area contributed by atoms with E-state index in [1.165, 1.54) is 30.3 Å². The second kappa shape index (κ2) is 8.47. The van der Waals surface area contributed by atoms with Gasteiger partial charge >= 0.3 is 11.9 Å². The van der Waals surface area contributed by atoms with E-state index in [2.05, 4.69) is 0 Å². The van der Waals surface area contributed by atoms with Gasteiger partial charge in [-0.25, -0.2) is 4.79 Å². The third-order valence-corrected chi connectivity index (χ3v) is 5.38. The molecule has 0 aliphatic carbocycles. The van der Waals surface area contributed by atoms with Crippen molar-refractivity contribution in [3.63, 3.8) is 0 Å². The molecule has 2 aromatic rings. The highest BCUT2D eigenvalue weighted by atomic mass is 32.2. The monoisotopic (exact) mass is 448 g/mol. The van der Waals surface area contributed by atoms with Gasteiger partial charge in [0.05, 0.1) is 16.2 Å². The summed E-state index contributed by atoms with van der Waals surface area (Å²) < 4.78 is 5.57. The van der Waals surface area contributed by atoms with Crippen molar-refractivity contribution in [2.45, 2.75) is 12.5 Å². The van der Waals surface area contributed by atoms with E-state index in [4.69, 9.17) is 21.7 Å². The van der Waals surface area contributed by atoms with Crippen LogP contribution in [0.1, 0.15) is 12.2 Å². The lowest BCUT2D eigenvalue weighted by molar-refractivity contribution is -0.384. The Labute approximate surface area is 177 Å². The fraction of sp³-hybridized carbons (Fsp3) is 0.111. The molecule has 3 rings (SSSR count). The Bertz CT molecular complexity index is 1090. The zero-order valence-electron chi connectivity index (χ0n) is 14.9. The van der Waals surface area contributed by atoms with Crippen LogP contribution in [0.5, 0.6) is 0 Å². The van der Waals surface area contributed by atoms with Crippen molar-refractivity contribution in [2.24, 2.45) is 0 Å². The minimum atomic E-state index is -1.62. The van der Waals surface area contributed by atoms with Crippen molar-refractivity contribution in [3.05, 3.63) is 57.2 Å². The van der Waals surface area contributed by atoms with Crippen molar-refractivity contribution in [1.82, 2.24) is 4.90 Å². The number of carbonyl (C=O) groups is 3. The lowest BCUT2D eigenvalue weighted by Crippen LogP contribution is -2.45. The molecule has 12 heteroatoms. The molecule has 2 heterocycles.